The lowest BCUT2D eigenvalue weighted by molar-refractivity contribution is -0.132. The highest BCUT2D eigenvalue weighted by molar-refractivity contribution is 7.15. The van der Waals surface area contributed by atoms with E-state index >= 15 is 0 Å². The number of aryl methyl sites for hydroxylation is 1. The van der Waals surface area contributed by atoms with Crippen LogP contribution in [0.1, 0.15) is 34.7 Å². The van der Waals surface area contributed by atoms with E-state index < -0.39 is 17.7 Å². The summed E-state index contributed by atoms with van der Waals surface area (Å²) < 4.78 is 23.3. The second-order valence-electron chi connectivity index (χ2n) is 9.54. The van der Waals surface area contributed by atoms with Gasteiger partial charge in [0.05, 0.1) is 18.2 Å². The number of fused-ring (bicyclic) bond motifs is 1. The minimum atomic E-state index is -1.01. The highest BCUT2D eigenvalue weighted by Crippen LogP contribution is 2.45. The second-order valence-corrected chi connectivity index (χ2v) is 10.7. The Labute approximate surface area is 245 Å². The number of carbonyl (C=O) groups excluding carboxylic acids is 2. The Bertz CT molecular complexity index is 1690. The summed E-state index contributed by atoms with van der Waals surface area (Å²) in [6.07, 6.45) is 0. The average Bonchev–Trinajstić information content (AvgIpc) is 3.56. The lowest BCUT2D eigenvalue weighted by Crippen LogP contribution is -2.29. The van der Waals surface area contributed by atoms with E-state index in [0.29, 0.717) is 65.6 Å². The molecule has 0 aliphatic carbocycles. The molecule has 42 heavy (non-hydrogen) atoms. The summed E-state index contributed by atoms with van der Waals surface area (Å²) >= 11 is 1.17. The van der Waals surface area contributed by atoms with Crippen LogP contribution in [0.25, 0.3) is 5.76 Å². The lowest BCUT2D eigenvalue weighted by Gasteiger charge is -2.24. The van der Waals surface area contributed by atoms with Gasteiger partial charge in [-0.05, 0) is 55.3 Å². The summed E-state index contributed by atoms with van der Waals surface area (Å²) in [5.74, 6) is -0.105. The number of hydrogen-bond donors (Lipinski definition) is 1. The molecule has 0 unspecified atom stereocenters. The number of ether oxygens (including phenoxy) is 4. The maximum absolute atomic E-state index is 13.6. The molecule has 3 aromatic carbocycles. The molecule has 0 radical (unpaired) electrons. The number of benzene rings is 3. The zero-order valence-electron chi connectivity index (χ0n) is 22.9. The molecule has 1 atom stereocenters. The third kappa shape index (κ3) is 5.14. The number of aliphatic hydroxyl groups is 1. The van der Waals surface area contributed by atoms with Gasteiger partial charge in [0.15, 0.2) is 23.0 Å². The predicted octanol–water partition coefficient (Wildman–Crippen LogP) is 5.22. The van der Waals surface area contributed by atoms with Crippen molar-refractivity contribution in [2.24, 2.45) is 0 Å². The first-order chi connectivity index (χ1) is 20.4. The van der Waals surface area contributed by atoms with Crippen molar-refractivity contribution in [2.75, 3.05) is 24.7 Å². The van der Waals surface area contributed by atoms with E-state index in [1.807, 2.05) is 37.3 Å². The third-order valence-electron chi connectivity index (χ3n) is 6.80. The normalized spacial score (nSPS) is 17.4. The van der Waals surface area contributed by atoms with Crippen LogP contribution in [0.15, 0.2) is 72.3 Å². The van der Waals surface area contributed by atoms with Crippen LogP contribution in [0.3, 0.4) is 0 Å². The number of aliphatic hydroxyl groups excluding tert-OH is 1. The SMILES string of the molecule is CCOc1cc([C@@H]2C(=C(O)c3ccc4c(c3)OCCO4)C(=O)C(=O)N2c2nnc(C)s2)ccc1OCc1ccccc1. The molecule has 6 rings (SSSR count). The minimum Gasteiger partial charge on any atom is -0.507 e. The summed E-state index contributed by atoms with van der Waals surface area (Å²) in [6, 6.07) is 18.8. The van der Waals surface area contributed by atoms with E-state index in [-0.39, 0.29) is 16.5 Å². The fraction of sp³-hybridized carbons (Fsp3) is 0.226. The molecule has 0 bridgehead atoms. The largest absolute Gasteiger partial charge is 0.507 e. The molecule has 10 nitrogen and oxygen atoms in total. The summed E-state index contributed by atoms with van der Waals surface area (Å²) in [6.45, 7) is 5.07. The number of hydrogen-bond acceptors (Lipinski definition) is 10. The predicted molar refractivity (Wildman–Crippen MR) is 155 cm³/mol. The molecule has 1 amide bonds. The van der Waals surface area contributed by atoms with Crippen LogP contribution >= 0.6 is 11.3 Å². The maximum atomic E-state index is 13.6. The number of aromatic nitrogens is 2. The van der Waals surface area contributed by atoms with E-state index in [4.69, 9.17) is 18.9 Å². The number of anilines is 1. The van der Waals surface area contributed by atoms with Crippen LogP contribution in [0.2, 0.25) is 0 Å². The first-order valence-electron chi connectivity index (χ1n) is 13.4. The van der Waals surface area contributed by atoms with Crippen molar-refractivity contribution in [1.82, 2.24) is 10.2 Å². The molecular weight excluding hydrogens is 558 g/mol. The standard InChI is InChI=1S/C31H27N3O7S/c1-3-38-24-15-20(9-11-23(24)41-17-19-7-5-4-6-8-19)27-26(29(36)30(37)34(27)31-33-32-18(2)42-31)28(35)21-10-12-22-25(16-21)40-14-13-39-22/h4-12,15-16,27,35H,3,13-14,17H2,1-2H3/t27-/m1/s1. The number of rotatable bonds is 8. The molecule has 214 valence electrons. The Morgan fingerprint density at radius 3 is 2.50 bits per heavy atom. The molecule has 3 heterocycles. The number of amides is 1. The Hall–Kier alpha value is -4.90. The first-order valence-corrected chi connectivity index (χ1v) is 14.2. The minimum absolute atomic E-state index is 0.0927. The van der Waals surface area contributed by atoms with Crippen molar-refractivity contribution in [3.8, 4) is 23.0 Å². The molecule has 1 saturated heterocycles. The third-order valence-corrected chi connectivity index (χ3v) is 7.64. The van der Waals surface area contributed by atoms with Gasteiger partial charge >= 0.3 is 5.91 Å². The van der Waals surface area contributed by atoms with Crippen molar-refractivity contribution in [3.05, 3.63) is 94.0 Å². The van der Waals surface area contributed by atoms with Gasteiger partial charge < -0.3 is 24.1 Å². The Morgan fingerprint density at radius 1 is 0.976 bits per heavy atom. The van der Waals surface area contributed by atoms with Gasteiger partial charge in [-0.2, -0.15) is 0 Å². The number of ketones is 1. The van der Waals surface area contributed by atoms with Gasteiger partial charge in [-0.1, -0.05) is 47.7 Å². The molecule has 0 saturated carbocycles. The quantitative estimate of drug-likeness (QED) is 0.169. The molecule has 2 aliphatic heterocycles. The van der Waals surface area contributed by atoms with Crippen molar-refractivity contribution in [1.29, 1.82) is 0 Å². The van der Waals surface area contributed by atoms with Gasteiger partial charge in [0.2, 0.25) is 5.13 Å². The van der Waals surface area contributed by atoms with Crippen LogP contribution in [-0.2, 0) is 16.2 Å². The summed E-state index contributed by atoms with van der Waals surface area (Å²) in [4.78, 5) is 28.3. The number of carbonyl (C=O) groups is 2. The fourth-order valence-electron chi connectivity index (χ4n) is 4.89. The maximum Gasteiger partial charge on any atom is 0.301 e. The number of Topliss-reactive ketones (excluding diaryl/α,β-unsaturated/α-hetero) is 1. The first kappa shape index (κ1) is 27.3. The van der Waals surface area contributed by atoms with Gasteiger partial charge in [0.25, 0.3) is 5.78 Å². The highest BCUT2D eigenvalue weighted by Gasteiger charge is 2.48. The van der Waals surface area contributed by atoms with Crippen LogP contribution in [-0.4, -0.2) is 46.8 Å². The van der Waals surface area contributed by atoms with E-state index in [2.05, 4.69) is 10.2 Å². The molecule has 1 aromatic heterocycles. The summed E-state index contributed by atoms with van der Waals surface area (Å²) in [7, 11) is 0. The lowest BCUT2D eigenvalue weighted by atomic mass is 9.95. The van der Waals surface area contributed by atoms with E-state index in [1.54, 1.807) is 43.3 Å². The Morgan fingerprint density at radius 2 is 1.76 bits per heavy atom. The molecule has 11 heteroatoms. The Kier molecular flexibility index (Phi) is 7.49. The van der Waals surface area contributed by atoms with Gasteiger partial charge in [-0.15, -0.1) is 10.2 Å². The van der Waals surface area contributed by atoms with E-state index in [0.717, 1.165) is 5.56 Å². The van der Waals surface area contributed by atoms with Crippen LogP contribution in [0, 0.1) is 6.92 Å². The van der Waals surface area contributed by atoms with E-state index in [9.17, 15) is 14.7 Å². The molecule has 4 aromatic rings. The number of nitrogens with zero attached hydrogens (tertiary/aromatic N) is 3. The highest BCUT2D eigenvalue weighted by atomic mass is 32.1. The van der Waals surface area contributed by atoms with Crippen molar-refractivity contribution >= 4 is 33.9 Å². The second kappa shape index (κ2) is 11.5. The van der Waals surface area contributed by atoms with Crippen molar-refractivity contribution in [2.45, 2.75) is 26.5 Å². The Balaban J connectivity index is 1.45. The molecule has 1 N–H and O–H groups in total. The van der Waals surface area contributed by atoms with Crippen LogP contribution < -0.4 is 23.8 Å². The average molecular weight is 586 g/mol. The zero-order chi connectivity index (χ0) is 29.2. The van der Waals surface area contributed by atoms with Crippen molar-refractivity contribution < 1.29 is 33.6 Å². The fourth-order valence-corrected chi connectivity index (χ4v) is 5.61. The molecule has 0 spiro atoms. The molecule has 2 aliphatic rings. The van der Waals surface area contributed by atoms with Gasteiger partial charge in [0, 0.05) is 5.56 Å². The summed E-state index contributed by atoms with van der Waals surface area (Å²) in [5.41, 5.74) is 1.73. The van der Waals surface area contributed by atoms with Gasteiger partial charge in [-0.3, -0.25) is 14.5 Å². The molecule has 1 fully saturated rings. The molecular formula is C31H27N3O7S. The zero-order valence-corrected chi connectivity index (χ0v) is 23.7. The monoisotopic (exact) mass is 585 g/mol. The smallest absolute Gasteiger partial charge is 0.301 e. The van der Waals surface area contributed by atoms with Gasteiger partial charge in [-0.25, -0.2) is 0 Å². The van der Waals surface area contributed by atoms with Crippen molar-refractivity contribution in [3.63, 3.8) is 0 Å². The van der Waals surface area contributed by atoms with Crippen LogP contribution in [0.4, 0.5) is 5.13 Å². The van der Waals surface area contributed by atoms with Crippen LogP contribution in [0.5, 0.6) is 23.0 Å². The van der Waals surface area contributed by atoms with Gasteiger partial charge in [0.1, 0.15) is 30.6 Å². The summed E-state index contributed by atoms with van der Waals surface area (Å²) in [5, 5.41) is 20.6. The van der Waals surface area contributed by atoms with E-state index in [1.165, 1.54) is 16.2 Å². The topological polar surface area (TPSA) is 120 Å².